The van der Waals surface area contributed by atoms with Crippen molar-refractivity contribution in [3.8, 4) is 0 Å². The van der Waals surface area contributed by atoms with Gasteiger partial charge in [0.05, 0.1) is 14.9 Å². The van der Waals surface area contributed by atoms with E-state index in [9.17, 15) is 13.2 Å². The maximum Gasteiger partial charge on any atom is 0.317 e. The van der Waals surface area contributed by atoms with Gasteiger partial charge < -0.3 is 10.2 Å². The number of sulfonamides is 1. The van der Waals surface area contributed by atoms with Crippen LogP contribution in [0.1, 0.15) is 25.7 Å². The van der Waals surface area contributed by atoms with Gasteiger partial charge in [0.15, 0.2) is 0 Å². The summed E-state index contributed by atoms with van der Waals surface area (Å²) in [5.74, 6) is 0. The Kier molecular flexibility index (Phi) is 5.78. The van der Waals surface area contributed by atoms with Crippen molar-refractivity contribution in [1.82, 2.24) is 14.5 Å². The zero-order valence-corrected chi connectivity index (χ0v) is 16.1. The lowest BCUT2D eigenvalue weighted by Crippen LogP contribution is -2.54. The van der Waals surface area contributed by atoms with Gasteiger partial charge in [0.2, 0.25) is 10.0 Å². The molecule has 0 aromatic heterocycles. The van der Waals surface area contributed by atoms with Crippen LogP contribution in [0.15, 0.2) is 23.1 Å². The van der Waals surface area contributed by atoms with Crippen LogP contribution in [0.2, 0.25) is 10.0 Å². The van der Waals surface area contributed by atoms with E-state index in [0.29, 0.717) is 18.1 Å². The van der Waals surface area contributed by atoms with Gasteiger partial charge in [0.1, 0.15) is 0 Å². The minimum atomic E-state index is -3.64. The number of urea groups is 1. The molecule has 1 heterocycles. The van der Waals surface area contributed by atoms with Gasteiger partial charge in [0.25, 0.3) is 0 Å². The Morgan fingerprint density at radius 3 is 2.28 bits per heavy atom. The molecule has 3 rings (SSSR count). The summed E-state index contributed by atoms with van der Waals surface area (Å²) in [6.07, 6.45) is 4.36. The lowest BCUT2D eigenvalue weighted by Gasteiger charge is -2.34. The summed E-state index contributed by atoms with van der Waals surface area (Å²) >= 11 is 11.8. The van der Waals surface area contributed by atoms with Crippen molar-refractivity contribution in [3.05, 3.63) is 28.2 Å². The molecule has 0 atom stereocenters. The second-order valence-electron chi connectivity index (χ2n) is 6.40. The number of hydrogen-bond acceptors (Lipinski definition) is 3. The summed E-state index contributed by atoms with van der Waals surface area (Å²) in [6.45, 7) is 1.28. The molecule has 1 aromatic carbocycles. The van der Waals surface area contributed by atoms with Crippen molar-refractivity contribution in [3.63, 3.8) is 0 Å². The molecule has 1 saturated carbocycles. The van der Waals surface area contributed by atoms with E-state index in [1.165, 1.54) is 22.5 Å². The number of carbonyl (C=O) groups excluding carboxylic acids is 1. The minimum Gasteiger partial charge on any atom is -0.335 e. The molecule has 0 spiro atoms. The van der Waals surface area contributed by atoms with E-state index < -0.39 is 10.0 Å². The molecule has 1 N–H and O–H groups in total. The van der Waals surface area contributed by atoms with Crippen LogP contribution in [0.5, 0.6) is 0 Å². The molecule has 1 aliphatic heterocycles. The molecule has 2 fully saturated rings. The molecule has 0 bridgehead atoms. The fourth-order valence-electron chi connectivity index (χ4n) is 3.25. The van der Waals surface area contributed by atoms with E-state index in [2.05, 4.69) is 5.32 Å². The fourth-order valence-corrected chi connectivity index (χ4v) is 5.07. The van der Waals surface area contributed by atoms with E-state index in [0.717, 1.165) is 25.7 Å². The summed E-state index contributed by atoms with van der Waals surface area (Å²) in [7, 11) is -3.64. The van der Waals surface area contributed by atoms with Crippen LogP contribution in [0, 0.1) is 0 Å². The Labute approximate surface area is 158 Å². The van der Waals surface area contributed by atoms with Crippen molar-refractivity contribution in [2.24, 2.45) is 0 Å². The standard InChI is InChI=1S/C16H21Cl2N3O3S/c17-14-6-5-13(11-15(14)18)25(23,24)21-9-7-20(8-10-21)16(22)19-12-3-1-2-4-12/h5-6,11-12H,1-4,7-10H2,(H,19,22). The van der Waals surface area contributed by atoms with Gasteiger partial charge in [-0.25, -0.2) is 13.2 Å². The highest BCUT2D eigenvalue weighted by atomic mass is 35.5. The topological polar surface area (TPSA) is 69.7 Å². The molecule has 1 saturated heterocycles. The van der Waals surface area contributed by atoms with Crippen LogP contribution in [0.3, 0.4) is 0 Å². The second-order valence-corrected chi connectivity index (χ2v) is 9.15. The fraction of sp³-hybridized carbons (Fsp3) is 0.562. The van der Waals surface area contributed by atoms with Gasteiger partial charge in [-0.05, 0) is 31.0 Å². The summed E-state index contributed by atoms with van der Waals surface area (Å²) in [5.41, 5.74) is 0. The smallest absolute Gasteiger partial charge is 0.317 e. The molecule has 0 radical (unpaired) electrons. The van der Waals surface area contributed by atoms with Gasteiger partial charge in [-0.1, -0.05) is 36.0 Å². The van der Waals surface area contributed by atoms with Gasteiger partial charge >= 0.3 is 6.03 Å². The molecular formula is C16H21Cl2N3O3S. The number of carbonyl (C=O) groups is 1. The van der Waals surface area contributed by atoms with Crippen LogP contribution in [-0.2, 0) is 10.0 Å². The van der Waals surface area contributed by atoms with Crippen LogP contribution >= 0.6 is 23.2 Å². The van der Waals surface area contributed by atoms with Crippen molar-refractivity contribution in [1.29, 1.82) is 0 Å². The van der Waals surface area contributed by atoms with E-state index in [-0.39, 0.29) is 35.1 Å². The van der Waals surface area contributed by atoms with Gasteiger partial charge in [-0.3, -0.25) is 0 Å². The first-order chi connectivity index (χ1) is 11.9. The third kappa shape index (κ3) is 4.22. The van der Waals surface area contributed by atoms with E-state index >= 15 is 0 Å². The number of amides is 2. The van der Waals surface area contributed by atoms with Crippen LogP contribution in [-0.4, -0.2) is 55.9 Å². The van der Waals surface area contributed by atoms with E-state index in [1.807, 2.05) is 0 Å². The number of rotatable bonds is 3. The summed E-state index contributed by atoms with van der Waals surface area (Å²) in [5, 5.41) is 3.55. The molecular weight excluding hydrogens is 385 g/mol. The molecule has 25 heavy (non-hydrogen) atoms. The zero-order valence-electron chi connectivity index (χ0n) is 13.7. The van der Waals surface area contributed by atoms with Crippen molar-refractivity contribution in [2.45, 2.75) is 36.6 Å². The van der Waals surface area contributed by atoms with Gasteiger partial charge in [-0.15, -0.1) is 0 Å². The predicted molar refractivity (Wildman–Crippen MR) is 97.6 cm³/mol. The maximum absolute atomic E-state index is 12.7. The molecule has 138 valence electrons. The lowest BCUT2D eigenvalue weighted by atomic mass is 10.2. The number of nitrogens with one attached hydrogen (secondary N) is 1. The van der Waals surface area contributed by atoms with Crippen LogP contribution in [0.25, 0.3) is 0 Å². The quantitative estimate of drug-likeness (QED) is 0.839. The SMILES string of the molecule is O=C(NC1CCCC1)N1CCN(S(=O)(=O)c2ccc(Cl)c(Cl)c2)CC1. The van der Waals surface area contributed by atoms with Crippen molar-refractivity contribution in [2.75, 3.05) is 26.2 Å². The molecule has 2 aliphatic rings. The molecule has 0 unspecified atom stereocenters. The molecule has 9 heteroatoms. The lowest BCUT2D eigenvalue weighted by molar-refractivity contribution is 0.169. The Morgan fingerprint density at radius 2 is 1.68 bits per heavy atom. The minimum absolute atomic E-state index is 0.0986. The summed E-state index contributed by atoms with van der Waals surface area (Å²) in [4.78, 5) is 14.1. The van der Waals surface area contributed by atoms with Gasteiger partial charge in [0, 0.05) is 32.2 Å². The number of piperazine rings is 1. The first-order valence-electron chi connectivity index (χ1n) is 8.38. The molecule has 6 nitrogen and oxygen atoms in total. The first kappa shape index (κ1) is 18.8. The van der Waals surface area contributed by atoms with E-state index in [1.54, 1.807) is 4.90 Å². The second kappa shape index (κ2) is 7.70. The summed E-state index contributed by atoms with van der Waals surface area (Å²) in [6, 6.07) is 4.44. The monoisotopic (exact) mass is 405 g/mol. The maximum atomic E-state index is 12.7. The Morgan fingerprint density at radius 1 is 1.04 bits per heavy atom. The number of halogens is 2. The third-order valence-corrected chi connectivity index (χ3v) is 7.37. The van der Waals surface area contributed by atoms with Crippen LogP contribution in [0.4, 0.5) is 4.79 Å². The predicted octanol–water partition coefficient (Wildman–Crippen LogP) is 2.95. The largest absolute Gasteiger partial charge is 0.335 e. The van der Waals surface area contributed by atoms with E-state index in [4.69, 9.17) is 23.2 Å². The normalized spacial score (nSPS) is 20.0. The number of nitrogens with zero attached hydrogens (tertiary/aromatic N) is 2. The molecule has 1 aliphatic carbocycles. The number of benzene rings is 1. The van der Waals surface area contributed by atoms with Crippen molar-refractivity contribution < 1.29 is 13.2 Å². The van der Waals surface area contributed by atoms with Crippen molar-refractivity contribution >= 4 is 39.3 Å². The Balaban J connectivity index is 1.60. The van der Waals surface area contributed by atoms with Crippen LogP contribution < -0.4 is 5.32 Å². The molecule has 2 amide bonds. The summed E-state index contributed by atoms with van der Waals surface area (Å²) < 4.78 is 26.8. The Bertz CT molecular complexity index is 743. The molecule has 1 aromatic rings. The highest BCUT2D eigenvalue weighted by molar-refractivity contribution is 7.89. The first-order valence-corrected chi connectivity index (χ1v) is 10.6. The highest BCUT2D eigenvalue weighted by Gasteiger charge is 2.31. The third-order valence-electron chi connectivity index (χ3n) is 4.74. The average Bonchev–Trinajstić information content (AvgIpc) is 3.10. The average molecular weight is 406 g/mol. The number of hydrogen-bond donors (Lipinski definition) is 1. The highest BCUT2D eigenvalue weighted by Crippen LogP contribution is 2.27. The van der Waals surface area contributed by atoms with Gasteiger partial charge in [-0.2, -0.15) is 4.31 Å². The Hall–Kier alpha value is -1.02. The zero-order chi connectivity index (χ0) is 18.0.